The summed E-state index contributed by atoms with van der Waals surface area (Å²) in [4.78, 5) is 31.8. The zero-order valence-corrected chi connectivity index (χ0v) is 25.4. The lowest BCUT2D eigenvalue weighted by Crippen LogP contribution is -2.22. The number of rotatable bonds is 11. The van der Waals surface area contributed by atoms with Crippen molar-refractivity contribution in [3.8, 4) is 21.9 Å². The van der Waals surface area contributed by atoms with E-state index in [1.54, 1.807) is 31.2 Å². The molecule has 0 unspecified atom stereocenters. The molecule has 5 rings (SSSR count). The third kappa shape index (κ3) is 7.20. The first-order valence-electron chi connectivity index (χ1n) is 14.0. The van der Waals surface area contributed by atoms with Gasteiger partial charge in [-0.25, -0.2) is 18.2 Å². The molecule has 0 saturated carbocycles. The predicted octanol–water partition coefficient (Wildman–Crippen LogP) is 6.22. The average molecular weight is 635 g/mol. The molecular formula is C32H29F3N6O3S. The Bertz CT molecular complexity index is 1870. The monoisotopic (exact) mass is 634 g/mol. The molecule has 0 atom stereocenters. The normalized spacial score (nSPS) is 11.2. The van der Waals surface area contributed by atoms with E-state index in [4.69, 9.17) is 15.1 Å². The van der Waals surface area contributed by atoms with Crippen LogP contribution >= 0.6 is 11.3 Å². The second-order valence-corrected chi connectivity index (χ2v) is 11.6. The van der Waals surface area contributed by atoms with Gasteiger partial charge in [0, 0.05) is 30.0 Å². The van der Waals surface area contributed by atoms with Crippen LogP contribution in [0.15, 0.2) is 59.0 Å². The van der Waals surface area contributed by atoms with E-state index in [0.717, 1.165) is 29.0 Å². The molecule has 0 radical (unpaired) electrons. The van der Waals surface area contributed by atoms with Crippen LogP contribution in [0.2, 0.25) is 0 Å². The van der Waals surface area contributed by atoms with Gasteiger partial charge in [-0.3, -0.25) is 9.59 Å². The maximum absolute atomic E-state index is 13.6. The lowest BCUT2D eigenvalue weighted by molar-refractivity contribution is 0.0953. The number of primary amides is 1. The molecule has 4 N–H and O–H groups in total. The summed E-state index contributed by atoms with van der Waals surface area (Å²) >= 11 is 1.09. The number of halogens is 3. The molecule has 0 bridgehead atoms. The van der Waals surface area contributed by atoms with Gasteiger partial charge in [-0.2, -0.15) is 0 Å². The van der Waals surface area contributed by atoms with Crippen molar-refractivity contribution in [1.29, 1.82) is 0 Å². The van der Waals surface area contributed by atoms with E-state index >= 15 is 0 Å². The van der Waals surface area contributed by atoms with E-state index in [2.05, 4.69) is 20.8 Å². The maximum atomic E-state index is 13.6. The fourth-order valence-electron chi connectivity index (χ4n) is 4.73. The summed E-state index contributed by atoms with van der Waals surface area (Å²) in [6.45, 7) is 5.37. The number of aromatic nitrogens is 3. The third-order valence-corrected chi connectivity index (χ3v) is 7.86. The Balaban J connectivity index is 1.60. The molecule has 2 aromatic carbocycles. The Labute approximate surface area is 260 Å². The fraction of sp³-hybridized carbons (Fsp3) is 0.219. The van der Waals surface area contributed by atoms with Gasteiger partial charge in [-0.05, 0) is 74.2 Å². The number of pyridine rings is 1. The summed E-state index contributed by atoms with van der Waals surface area (Å²) in [6, 6.07) is 12.6. The van der Waals surface area contributed by atoms with Crippen LogP contribution in [-0.2, 0) is 19.4 Å². The Kier molecular flexibility index (Phi) is 9.28. The zero-order chi connectivity index (χ0) is 32.2. The van der Waals surface area contributed by atoms with E-state index in [1.165, 1.54) is 18.2 Å². The van der Waals surface area contributed by atoms with Crippen molar-refractivity contribution >= 4 is 29.0 Å². The summed E-state index contributed by atoms with van der Waals surface area (Å²) in [6.07, 6.45) is 0.833. The molecule has 0 spiro atoms. The van der Waals surface area contributed by atoms with Gasteiger partial charge in [0.05, 0.1) is 21.7 Å². The molecule has 232 valence electrons. The van der Waals surface area contributed by atoms with Gasteiger partial charge < -0.3 is 20.8 Å². The number of nitrogens with one attached hydrogen (secondary N) is 2. The van der Waals surface area contributed by atoms with E-state index in [1.807, 2.05) is 13.8 Å². The van der Waals surface area contributed by atoms with Crippen molar-refractivity contribution in [1.82, 2.24) is 20.5 Å². The highest BCUT2D eigenvalue weighted by atomic mass is 32.1. The van der Waals surface area contributed by atoms with Crippen molar-refractivity contribution in [2.24, 2.45) is 5.73 Å². The average Bonchev–Trinajstić information content (AvgIpc) is 3.66. The van der Waals surface area contributed by atoms with Crippen LogP contribution in [-0.4, -0.2) is 33.0 Å². The van der Waals surface area contributed by atoms with Gasteiger partial charge >= 0.3 is 0 Å². The minimum Gasteiger partial charge on any atom is -0.421 e. The minimum absolute atomic E-state index is 0.0342. The molecular weight excluding hydrogens is 605 g/mol. The molecule has 0 saturated heterocycles. The van der Waals surface area contributed by atoms with Crippen molar-refractivity contribution in [2.45, 2.75) is 46.2 Å². The highest BCUT2D eigenvalue weighted by molar-refractivity contribution is 7.17. The van der Waals surface area contributed by atoms with Crippen LogP contribution in [0.25, 0.3) is 21.9 Å². The number of carbonyl (C=O) groups is 2. The lowest BCUT2D eigenvalue weighted by Gasteiger charge is -2.20. The Morgan fingerprint density at radius 2 is 1.67 bits per heavy atom. The molecule has 9 nitrogen and oxygen atoms in total. The standard InChI is InChI=1S/C32H29F3N6O3S/c1-16(2)38-30-28(29(36)42)27(24-12-13-25(45-24)31(43)37-15-19-6-10-21(34)22(35)14-19)26(32-41-40-17(3)44-32)23(39-30)11-7-18-4-8-20(33)9-5-18/h4-6,8-10,12-14,16H,7,11,15H2,1-3H3,(H2,36,42)(H,37,43)(H,38,39). The summed E-state index contributed by atoms with van der Waals surface area (Å²) in [5.41, 5.74) is 8.55. The van der Waals surface area contributed by atoms with Crippen LogP contribution in [0.3, 0.4) is 0 Å². The molecule has 0 fully saturated rings. The number of hydrogen-bond acceptors (Lipinski definition) is 8. The summed E-state index contributed by atoms with van der Waals surface area (Å²) < 4.78 is 46.4. The van der Waals surface area contributed by atoms with E-state index in [0.29, 0.717) is 45.0 Å². The number of hydrogen-bond donors (Lipinski definition) is 3. The van der Waals surface area contributed by atoms with Crippen LogP contribution < -0.4 is 16.4 Å². The first-order chi connectivity index (χ1) is 21.5. The maximum Gasteiger partial charge on any atom is 0.261 e. The Hall–Kier alpha value is -5.04. The number of benzene rings is 2. The molecule has 0 aliphatic heterocycles. The molecule has 0 aliphatic carbocycles. The largest absolute Gasteiger partial charge is 0.421 e. The van der Waals surface area contributed by atoms with Crippen molar-refractivity contribution in [2.75, 3.05) is 5.32 Å². The Morgan fingerprint density at radius 1 is 0.933 bits per heavy atom. The smallest absolute Gasteiger partial charge is 0.261 e. The van der Waals surface area contributed by atoms with Crippen molar-refractivity contribution in [3.05, 3.63) is 105 Å². The van der Waals surface area contributed by atoms with Gasteiger partial charge in [0.1, 0.15) is 11.6 Å². The Morgan fingerprint density at radius 3 is 2.31 bits per heavy atom. The number of anilines is 1. The number of carbonyl (C=O) groups excluding carboxylic acids is 2. The van der Waals surface area contributed by atoms with Gasteiger partial charge in [-0.1, -0.05) is 18.2 Å². The van der Waals surface area contributed by atoms with E-state index in [-0.39, 0.29) is 41.6 Å². The van der Waals surface area contributed by atoms with Gasteiger partial charge in [0.15, 0.2) is 11.6 Å². The first kappa shape index (κ1) is 31.4. The highest BCUT2D eigenvalue weighted by Gasteiger charge is 2.29. The van der Waals surface area contributed by atoms with Crippen LogP contribution in [0, 0.1) is 24.4 Å². The second-order valence-electron chi connectivity index (χ2n) is 10.5. The molecule has 0 aliphatic rings. The molecule has 5 aromatic rings. The van der Waals surface area contributed by atoms with Crippen molar-refractivity contribution in [3.63, 3.8) is 0 Å². The summed E-state index contributed by atoms with van der Waals surface area (Å²) in [5.74, 6) is -2.92. The number of aryl methyl sites for hydroxylation is 3. The topological polar surface area (TPSA) is 136 Å². The first-order valence-corrected chi connectivity index (χ1v) is 14.8. The minimum atomic E-state index is -1.01. The van der Waals surface area contributed by atoms with Crippen LogP contribution in [0.5, 0.6) is 0 Å². The van der Waals surface area contributed by atoms with Gasteiger partial charge in [0.2, 0.25) is 11.8 Å². The molecule has 13 heteroatoms. The quantitative estimate of drug-likeness (QED) is 0.157. The molecule has 45 heavy (non-hydrogen) atoms. The SMILES string of the molecule is Cc1nnc(-c2c(CCc3ccc(F)cc3)nc(NC(C)C)c(C(N)=O)c2-c2ccc(C(=O)NCc3ccc(F)c(F)c3)s2)o1. The lowest BCUT2D eigenvalue weighted by atomic mass is 9.94. The second kappa shape index (κ2) is 13.3. The van der Waals surface area contributed by atoms with Gasteiger partial charge in [0.25, 0.3) is 11.8 Å². The van der Waals surface area contributed by atoms with Crippen LogP contribution in [0.4, 0.5) is 19.0 Å². The van der Waals surface area contributed by atoms with E-state index in [9.17, 15) is 22.8 Å². The van der Waals surface area contributed by atoms with Crippen LogP contribution in [0.1, 0.15) is 56.6 Å². The van der Waals surface area contributed by atoms with E-state index < -0.39 is 23.4 Å². The fourth-order valence-corrected chi connectivity index (χ4v) is 5.71. The van der Waals surface area contributed by atoms with Crippen molar-refractivity contribution < 1.29 is 27.2 Å². The number of amides is 2. The molecule has 3 aromatic heterocycles. The highest BCUT2D eigenvalue weighted by Crippen LogP contribution is 2.42. The number of nitrogens with two attached hydrogens (primary N) is 1. The number of nitrogens with zero attached hydrogens (tertiary/aromatic N) is 3. The third-order valence-electron chi connectivity index (χ3n) is 6.76. The van der Waals surface area contributed by atoms with Gasteiger partial charge in [-0.15, -0.1) is 21.5 Å². The summed E-state index contributed by atoms with van der Waals surface area (Å²) in [5, 5.41) is 14.1. The summed E-state index contributed by atoms with van der Waals surface area (Å²) in [7, 11) is 0. The number of thiophene rings is 1. The molecule has 3 heterocycles. The zero-order valence-electron chi connectivity index (χ0n) is 24.6. The predicted molar refractivity (Wildman–Crippen MR) is 164 cm³/mol. The molecule has 2 amide bonds.